The van der Waals surface area contributed by atoms with Gasteiger partial charge in [0.15, 0.2) is 0 Å². The van der Waals surface area contributed by atoms with Crippen LogP contribution in [-0.4, -0.2) is 115 Å². The molecule has 4 N–H and O–H groups in total. The zero-order valence-electron chi connectivity index (χ0n) is 34.9. The molecule has 1 saturated heterocycles. The van der Waals surface area contributed by atoms with Crippen molar-refractivity contribution in [3.05, 3.63) is 65.7 Å². The Labute approximate surface area is 333 Å². The van der Waals surface area contributed by atoms with Gasteiger partial charge in [-0.25, -0.2) is 4.79 Å². The van der Waals surface area contributed by atoms with Crippen molar-refractivity contribution in [3.8, 4) is 0 Å². The molecule has 0 bridgehead atoms. The Morgan fingerprint density at radius 1 is 0.911 bits per heavy atom. The molecular formula is C43H65N5O8. The molecule has 2 aromatic rings. The molecule has 0 spiro atoms. The molecule has 0 radical (unpaired) electrons. The number of carboxylic acid groups (broad SMARTS) is 1. The van der Waals surface area contributed by atoms with Crippen LogP contribution < -0.4 is 16.0 Å². The summed E-state index contributed by atoms with van der Waals surface area (Å²) in [5.74, 6) is -3.49. The highest BCUT2D eigenvalue weighted by molar-refractivity contribution is 5.98. The average Bonchev–Trinajstić information content (AvgIpc) is 3.66. The number of benzene rings is 2. The molecule has 1 fully saturated rings. The number of nitrogens with one attached hydrogen (secondary N) is 3. The van der Waals surface area contributed by atoms with E-state index in [0.717, 1.165) is 11.3 Å². The zero-order valence-corrected chi connectivity index (χ0v) is 34.9. The maximum Gasteiger partial charge on any atom is 0.326 e. The zero-order chi connectivity index (χ0) is 41.7. The quantitative estimate of drug-likeness (QED) is 0.137. The van der Waals surface area contributed by atoms with Crippen molar-refractivity contribution in [2.75, 3.05) is 33.1 Å². The second-order valence-corrected chi connectivity index (χ2v) is 15.7. The Hall–Kier alpha value is -4.49. The van der Waals surface area contributed by atoms with Gasteiger partial charge in [0.1, 0.15) is 12.1 Å². The van der Waals surface area contributed by atoms with Crippen molar-refractivity contribution in [1.29, 1.82) is 0 Å². The van der Waals surface area contributed by atoms with Gasteiger partial charge < -0.3 is 40.3 Å². The van der Waals surface area contributed by atoms with E-state index in [0.29, 0.717) is 31.4 Å². The SMILES string of the molecule is CC[C@H](C)[C@@H]([C@@H](CC(=O)N1CCC[C@H]1[C@H](OC)[C@@H](C)C(=O)N[C@@H](Cc1ccccc1)C(=O)O)OC)N(C)C(=O)[C@@H](NC(=O)c1ccc(NC(C)C)cc1)C(C)C. The first-order valence-corrected chi connectivity index (χ1v) is 19.9. The first-order valence-electron chi connectivity index (χ1n) is 19.9. The Morgan fingerprint density at radius 3 is 2.09 bits per heavy atom. The monoisotopic (exact) mass is 779 g/mol. The Balaban J connectivity index is 1.76. The van der Waals surface area contributed by atoms with Crippen LogP contribution in [0.15, 0.2) is 54.6 Å². The number of carbonyl (C=O) groups is 5. The summed E-state index contributed by atoms with van der Waals surface area (Å²) in [7, 11) is 4.73. The number of rotatable bonds is 21. The number of methoxy groups -OCH3 is 2. The number of anilines is 1. The molecule has 2 aromatic carbocycles. The van der Waals surface area contributed by atoms with Crippen molar-refractivity contribution in [2.24, 2.45) is 17.8 Å². The summed E-state index contributed by atoms with van der Waals surface area (Å²) >= 11 is 0. The normalized spacial score (nSPS) is 18.0. The number of carboxylic acids is 1. The van der Waals surface area contributed by atoms with Crippen LogP contribution in [0.25, 0.3) is 0 Å². The Morgan fingerprint density at radius 2 is 1.55 bits per heavy atom. The number of nitrogens with zero attached hydrogens (tertiary/aromatic N) is 2. The van der Waals surface area contributed by atoms with Crippen LogP contribution in [0, 0.1) is 17.8 Å². The summed E-state index contributed by atoms with van der Waals surface area (Å²) in [6.45, 7) is 14.0. The maximum absolute atomic E-state index is 14.3. The number of ether oxygens (including phenoxy) is 2. The highest BCUT2D eigenvalue weighted by Crippen LogP contribution is 2.30. The Bertz CT molecular complexity index is 1590. The number of likely N-dealkylation sites (tertiary alicyclic amines) is 1. The molecule has 0 saturated carbocycles. The fourth-order valence-electron chi connectivity index (χ4n) is 7.67. The third-order valence-electron chi connectivity index (χ3n) is 11.0. The lowest BCUT2D eigenvalue weighted by molar-refractivity contribution is -0.147. The maximum atomic E-state index is 14.3. The molecule has 8 atom stereocenters. The first-order chi connectivity index (χ1) is 26.5. The molecule has 0 aliphatic carbocycles. The largest absolute Gasteiger partial charge is 0.480 e. The van der Waals surface area contributed by atoms with Gasteiger partial charge in [0.25, 0.3) is 5.91 Å². The minimum atomic E-state index is -1.14. The summed E-state index contributed by atoms with van der Waals surface area (Å²) < 4.78 is 11.9. The lowest BCUT2D eigenvalue weighted by atomic mass is 9.89. The van der Waals surface area contributed by atoms with Crippen LogP contribution in [0.1, 0.15) is 90.1 Å². The van der Waals surface area contributed by atoms with Gasteiger partial charge in [-0.05, 0) is 68.4 Å². The van der Waals surface area contributed by atoms with Crippen LogP contribution in [0.2, 0.25) is 0 Å². The van der Waals surface area contributed by atoms with Gasteiger partial charge in [0.05, 0.1) is 36.6 Å². The van der Waals surface area contributed by atoms with Crippen LogP contribution in [0.4, 0.5) is 5.69 Å². The van der Waals surface area contributed by atoms with Gasteiger partial charge in [0.2, 0.25) is 17.7 Å². The third-order valence-corrected chi connectivity index (χ3v) is 11.0. The number of aliphatic carboxylic acids is 1. The lowest BCUT2D eigenvalue weighted by Gasteiger charge is -2.40. The summed E-state index contributed by atoms with van der Waals surface area (Å²) in [5, 5.41) is 18.8. The number of hydrogen-bond acceptors (Lipinski definition) is 8. The number of amides is 4. The molecule has 1 aliphatic heterocycles. The van der Waals surface area contributed by atoms with Crippen molar-refractivity contribution >= 4 is 35.3 Å². The smallest absolute Gasteiger partial charge is 0.326 e. The minimum Gasteiger partial charge on any atom is -0.480 e. The van der Waals surface area contributed by atoms with E-state index in [-0.39, 0.29) is 48.4 Å². The van der Waals surface area contributed by atoms with E-state index in [1.165, 1.54) is 14.2 Å². The van der Waals surface area contributed by atoms with Crippen molar-refractivity contribution in [3.63, 3.8) is 0 Å². The topological polar surface area (TPSA) is 167 Å². The lowest BCUT2D eigenvalue weighted by Crippen LogP contribution is -2.57. The van der Waals surface area contributed by atoms with E-state index in [2.05, 4.69) is 16.0 Å². The van der Waals surface area contributed by atoms with E-state index in [4.69, 9.17) is 9.47 Å². The van der Waals surface area contributed by atoms with Crippen LogP contribution in [-0.2, 0) is 35.1 Å². The number of carbonyl (C=O) groups excluding carboxylic acids is 4. The molecule has 310 valence electrons. The summed E-state index contributed by atoms with van der Waals surface area (Å²) in [6, 6.07) is 13.6. The predicted octanol–water partition coefficient (Wildman–Crippen LogP) is 4.99. The number of hydrogen-bond donors (Lipinski definition) is 4. The average molecular weight is 780 g/mol. The molecule has 1 heterocycles. The fraction of sp³-hybridized carbons (Fsp3) is 0.605. The third kappa shape index (κ3) is 12.3. The molecule has 3 rings (SSSR count). The van der Waals surface area contributed by atoms with Crippen molar-refractivity contribution in [2.45, 2.75) is 123 Å². The highest BCUT2D eigenvalue weighted by Gasteiger charge is 2.43. The molecule has 13 nitrogen and oxygen atoms in total. The minimum absolute atomic E-state index is 0.0235. The predicted molar refractivity (Wildman–Crippen MR) is 217 cm³/mol. The van der Waals surface area contributed by atoms with E-state index < -0.39 is 54.2 Å². The van der Waals surface area contributed by atoms with Gasteiger partial charge in [-0.15, -0.1) is 0 Å². The van der Waals surface area contributed by atoms with Crippen LogP contribution >= 0.6 is 0 Å². The van der Waals surface area contributed by atoms with Gasteiger partial charge in [-0.2, -0.15) is 0 Å². The van der Waals surface area contributed by atoms with Crippen molar-refractivity contribution < 1.29 is 38.6 Å². The summed E-state index contributed by atoms with van der Waals surface area (Å²) in [4.78, 5) is 70.8. The van der Waals surface area contributed by atoms with Gasteiger partial charge >= 0.3 is 5.97 Å². The molecule has 56 heavy (non-hydrogen) atoms. The van der Waals surface area contributed by atoms with E-state index in [1.54, 1.807) is 35.9 Å². The summed E-state index contributed by atoms with van der Waals surface area (Å²) in [6.07, 6.45) is 0.749. The van der Waals surface area contributed by atoms with Gasteiger partial charge in [0, 0.05) is 51.5 Å². The number of likely N-dealkylation sites (N-methyl/N-ethyl adjacent to an activating group) is 1. The van der Waals surface area contributed by atoms with E-state index in [9.17, 15) is 29.1 Å². The molecule has 0 unspecified atom stereocenters. The fourth-order valence-corrected chi connectivity index (χ4v) is 7.67. The molecule has 4 amide bonds. The summed E-state index contributed by atoms with van der Waals surface area (Å²) in [5.41, 5.74) is 2.12. The second-order valence-electron chi connectivity index (χ2n) is 15.7. The standard InChI is InChI=1S/C43H65N5O8/c1-11-28(6)38(47(8)42(52)37(26(2)3)46-41(51)31-19-21-32(22-20-31)44-27(4)5)35(55-9)25-36(49)48-23-15-18-34(48)39(56-10)29(7)40(50)45-33(43(53)54)24-30-16-13-12-14-17-30/h12-14,16-17,19-22,26-29,33-35,37-39,44H,11,15,18,23-25H2,1-10H3,(H,45,50)(H,46,51)(H,53,54)/t28-,29+,33-,34-,35+,37-,38-,39+/m0/s1. The van der Waals surface area contributed by atoms with E-state index >= 15 is 0 Å². The van der Waals surface area contributed by atoms with E-state index in [1.807, 2.05) is 84.0 Å². The highest BCUT2D eigenvalue weighted by atomic mass is 16.5. The van der Waals surface area contributed by atoms with Crippen LogP contribution in [0.5, 0.6) is 0 Å². The van der Waals surface area contributed by atoms with Crippen molar-refractivity contribution in [1.82, 2.24) is 20.4 Å². The molecule has 13 heteroatoms. The second kappa shape index (κ2) is 21.7. The molecule has 0 aromatic heterocycles. The molecular weight excluding hydrogens is 714 g/mol. The Kier molecular flexibility index (Phi) is 17.8. The first kappa shape index (κ1) is 45.9. The van der Waals surface area contributed by atoms with Gasteiger partial charge in [-0.3, -0.25) is 19.2 Å². The molecule has 1 aliphatic rings. The van der Waals surface area contributed by atoms with Gasteiger partial charge in [-0.1, -0.05) is 71.4 Å². The van der Waals surface area contributed by atoms with Crippen LogP contribution in [0.3, 0.4) is 0 Å².